The van der Waals surface area contributed by atoms with Crippen LogP contribution >= 0.6 is 0 Å². The molecule has 0 bridgehead atoms. The second-order valence-electron chi connectivity index (χ2n) is 7.56. The molecule has 0 aliphatic rings. The lowest BCUT2D eigenvalue weighted by atomic mass is 10.0. The highest BCUT2D eigenvalue weighted by Gasteiger charge is 2.28. The third-order valence-corrected chi connectivity index (χ3v) is 4.91. The van der Waals surface area contributed by atoms with Crippen molar-refractivity contribution in [2.75, 3.05) is 0 Å². The van der Waals surface area contributed by atoms with E-state index in [-0.39, 0.29) is 31.4 Å². The molecule has 0 aromatic heterocycles. The van der Waals surface area contributed by atoms with E-state index in [1.165, 1.54) is 12.1 Å². The molecule has 0 heterocycles. The number of rotatable bonds is 12. The van der Waals surface area contributed by atoms with Gasteiger partial charge in [-0.05, 0) is 29.7 Å². The van der Waals surface area contributed by atoms with Crippen molar-refractivity contribution in [1.29, 1.82) is 0 Å². The van der Waals surface area contributed by atoms with E-state index in [1.54, 1.807) is 42.5 Å². The summed E-state index contributed by atoms with van der Waals surface area (Å²) >= 11 is 0. The third-order valence-electron chi connectivity index (χ3n) is 4.91. The van der Waals surface area contributed by atoms with Gasteiger partial charge in [0.2, 0.25) is 11.8 Å². The standard InChI is InChI=1S/C23H27N3O7/c24-17(10-11-20(28)29)21(30)25-18(12-14-4-2-1-3-5-14)22(31)26-19(23(32)33)13-15-6-8-16(27)9-7-15/h1-9,17-19,27H,10-13,24H2,(H,25,30)(H,26,31)(H,28,29)(H,32,33)/t17-,18-,19-/m0/s1. The lowest BCUT2D eigenvalue weighted by Gasteiger charge is -2.23. The Morgan fingerprint density at radius 1 is 0.788 bits per heavy atom. The predicted octanol–water partition coefficient (Wildman–Crippen LogP) is 0.424. The number of carboxylic acid groups (broad SMARTS) is 2. The molecule has 33 heavy (non-hydrogen) atoms. The number of benzene rings is 2. The van der Waals surface area contributed by atoms with E-state index in [1.807, 2.05) is 0 Å². The highest BCUT2D eigenvalue weighted by Crippen LogP contribution is 2.12. The summed E-state index contributed by atoms with van der Waals surface area (Å²) in [6.07, 6.45) is -0.377. The van der Waals surface area contributed by atoms with Gasteiger partial charge in [-0.1, -0.05) is 42.5 Å². The van der Waals surface area contributed by atoms with Gasteiger partial charge >= 0.3 is 11.9 Å². The van der Waals surface area contributed by atoms with Gasteiger partial charge in [-0.2, -0.15) is 0 Å². The van der Waals surface area contributed by atoms with Crippen molar-refractivity contribution < 1.29 is 34.5 Å². The van der Waals surface area contributed by atoms with Crippen LogP contribution in [-0.4, -0.2) is 57.2 Å². The molecule has 0 spiro atoms. The van der Waals surface area contributed by atoms with Gasteiger partial charge in [0.1, 0.15) is 17.8 Å². The number of carbonyl (C=O) groups excluding carboxylic acids is 2. The fourth-order valence-corrected chi connectivity index (χ4v) is 3.09. The minimum atomic E-state index is -1.28. The molecule has 2 rings (SSSR count). The summed E-state index contributed by atoms with van der Waals surface area (Å²) in [5.41, 5.74) is 7.06. The second kappa shape index (κ2) is 12.2. The van der Waals surface area contributed by atoms with Crippen LogP contribution < -0.4 is 16.4 Å². The van der Waals surface area contributed by atoms with Gasteiger partial charge < -0.3 is 31.7 Å². The molecular weight excluding hydrogens is 430 g/mol. The maximum absolute atomic E-state index is 13.0. The Balaban J connectivity index is 2.14. The smallest absolute Gasteiger partial charge is 0.326 e. The first-order valence-corrected chi connectivity index (χ1v) is 10.3. The Kier molecular flexibility index (Phi) is 9.37. The minimum Gasteiger partial charge on any atom is -0.508 e. The Morgan fingerprint density at radius 2 is 1.33 bits per heavy atom. The van der Waals surface area contributed by atoms with Crippen LogP contribution in [-0.2, 0) is 32.0 Å². The van der Waals surface area contributed by atoms with E-state index in [9.17, 15) is 29.4 Å². The largest absolute Gasteiger partial charge is 0.508 e. The number of nitrogens with one attached hydrogen (secondary N) is 2. The summed E-state index contributed by atoms with van der Waals surface area (Å²) in [5.74, 6) is -3.77. The highest BCUT2D eigenvalue weighted by atomic mass is 16.4. The molecule has 176 valence electrons. The Labute approximate surface area is 190 Å². The molecule has 0 radical (unpaired) electrons. The van der Waals surface area contributed by atoms with Gasteiger partial charge in [0.25, 0.3) is 0 Å². The number of phenolic OH excluding ortho intramolecular Hbond substituents is 1. The van der Waals surface area contributed by atoms with E-state index in [0.717, 1.165) is 5.56 Å². The molecule has 0 aliphatic heterocycles. The van der Waals surface area contributed by atoms with Gasteiger partial charge in [0.15, 0.2) is 0 Å². The average Bonchev–Trinajstić information content (AvgIpc) is 2.78. The normalized spacial score (nSPS) is 13.4. The monoisotopic (exact) mass is 457 g/mol. The topological polar surface area (TPSA) is 179 Å². The van der Waals surface area contributed by atoms with Gasteiger partial charge in [-0.3, -0.25) is 14.4 Å². The Hall–Kier alpha value is -3.92. The van der Waals surface area contributed by atoms with Gasteiger partial charge in [-0.25, -0.2) is 4.79 Å². The fourth-order valence-electron chi connectivity index (χ4n) is 3.09. The zero-order valence-electron chi connectivity index (χ0n) is 17.8. The Morgan fingerprint density at radius 3 is 1.91 bits per heavy atom. The fraction of sp³-hybridized carbons (Fsp3) is 0.304. The summed E-state index contributed by atoms with van der Waals surface area (Å²) in [4.78, 5) is 47.9. The first-order valence-electron chi connectivity index (χ1n) is 10.3. The number of hydrogen-bond acceptors (Lipinski definition) is 6. The van der Waals surface area contributed by atoms with Crippen LogP contribution in [0.25, 0.3) is 0 Å². The zero-order valence-corrected chi connectivity index (χ0v) is 17.8. The van der Waals surface area contributed by atoms with Crippen LogP contribution in [0.1, 0.15) is 24.0 Å². The second-order valence-corrected chi connectivity index (χ2v) is 7.56. The van der Waals surface area contributed by atoms with E-state index in [2.05, 4.69) is 10.6 Å². The maximum Gasteiger partial charge on any atom is 0.326 e. The Bertz CT molecular complexity index is 964. The number of aromatic hydroxyl groups is 1. The number of carbonyl (C=O) groups is 4. The third kappa shape index (κ3) is 8.62. The molecule has 0 saturated heterocycles. The van der Waals surface area contributed by atoms with E-state index >= 15 is 0 Å². The molecule has 3 atom stereocenters. The van der Waals surface area contributed by atoms with Crippen LogP contribution in [0.4, 0.5) is 0 Å². The maximum atomic E-state index is 13.0. The minimum absolute atomic E-state index is 0.0273. The SMILES string of the molecule is N[C@@H](CCC(=O)O)C(=O)N[C@@H](Cc1ccccc1)C(=O)N[C@@H](Cc1ccc(O)cc1)C(=O)O. The van der Waals surface area contributed by atoms with Crippen molar-refractivity contribution in [3.63, 3.8) is 0 Å². The number of aliphatic carboxylic acids is 2. The van der Waals surface area contributed by atoms with Crippen molar-refractivity contribution in [1.82, 2.24) is 10.6 Å². The molecule has 0 saturated carbocycles. The van der Waals surface area contributed by atoms with Crippen LogP contribution in [0.2, 0.25) is 0 Å². The summed E-state index contributed by atoms with van der Waals surface area (Å²) < 4.78 is 0. The zero-order chi connectivity index (χ0) is 24.4. The number of carboxylic acids is 2. The number of phenols is 1. The van der Waals surface area contributed by atoms with Crippen LogP contribution in [0.15, 0.2) is 54.6 Å². The van der Waals surface area contributed by atoms with Crippen LogP contribution in [0.5, 0.6) is 5.75 Å². The van der Waals surface area contributed by atoms with E-state index in [0.29, 0.717) is 5.56 Å². The van der Waals surface area contributed by atoms with E-state index < -0.39 is 41.9 Å². The number of nitrogens with two attached hydrogens (primary N) is 1. The highest BCUT2D eigenvalue weighted by molar-refractivity contribution is 5.92. The summed E-state index contributed by atoms with van der Waals surface area (Å²) in [6, 6.07) is 11.2. The molecular formula is C23H27N3O7. The average molecular weight is 457 g/mol. The van der Waals surface area contributed by atoms with Crippen LogP contribution in [0, 0.1) is 0 Å². The molecule has 0 aliphatic carbocycles. The first kappa shape index (κ1) is 25.3. The summed E-state index contributed by atoms with van der Waals surface area (Å²) in [7, 11) is 0. The molecule has 2 amide bonds. The molecule has 10 nitrogen and oxygen atoms in total. The lowest BCUT2D eigenvalue weighted by Crippen LogP contribution is -2.55. The van der Waals surface area contributed by atoms with Crippen molar-refractivity contribution >= 4 is 23.8 Å². The van der Waals surface area contributed by atoms with Gasteiger partial charge in [0.05, 0.1) is 6.04 Å². The molecule has 2 aromatic rings. The quantitative estimate of drug-likeness (QED) is 0.265. The first-order chi connectivity index (χ1) is 15.7. The van der Waals surface area contributed by atoms with E-state index in [4.69, 9.17) is 10.8 Å². The van der Waals surface area contributed by atoms with Crippen molar-refractivity contribution in [2.45, 2.75) is 43.8 Å². The number of hydrogen-bond donors (Lipinski definition) is 6. The summed E-state index contributed by atoms with van der Waals surface area (Å²) in [5, 5.41) is 32.7. The van der Waals surface area contributed by atoms with Crippen LogP contribution in [0.3, 0.4) is 0 Å². The van der Waals surface area contributed by atoms with Gasteiger partial charge in [-0.15, -0.1) is 0 Å². The molecule has 0 unspecified atom stereocenters. The molecule has 0 fully saturated rings. The predicted molar refractivity (Wildman–Crippen MR) is 118 cm³/mol. The lowest BCUT2D eigenvalue weighted by molar-refractivity contribution is -0.142. The van der Waals surface area contributed by atoms with Gasteiger partial charge in [0, 0.05) is 19.3 Å². The molecule has 2 aromatic carbocycles. The van der Waals surface area contributed by atoms with Crippen molar-refractivity contribution in [2.24, 2.45) is 5.73 Å². The van der Waals surface area contributed by atoms with Crippen molar-refractivity contribution in [3.05, 3.63) is 65.7 Å². The number of amides is 2. The molecule has 7 N–H and O–H groups in total. The van der Waals surface area contributed by atoms with Crippen molar-refractivity contribution in [3.8, 4) is 5.75 Å². The summed E-state index contributed by atoms with van der Waals surface area (Å²) in [6.45, 7) is 0. The molecule has 10 heteroatoms.